The Kier molecular flexibility index (Phi) is 6.70. The number of hydrogen-bond acceptors (Lipinski definition) is 4. The van der Waals surface area contributed by atoms with E-state index in [1.807, 2.05) is 50.2 Å². The second-order valence-corrected chi connectivity index (χ2v) is 6.90. The Bertz CT molecular complexity index is 665. The van der Waals surface area contributed by atoms with E-state index >= 15 is 0 Å². The lowest BCUT2D eigenvalue weighted by Crippen LogP contribution is -2.20. The largest absolute Gasteiger partial charge is 0.491 e. The summed E-state index contributed by atoms with van der Waals surface area (Å²) in [7, 11) is 0. The van der Waals surface area contributed by atoms with Crippen LogP contribution in [0.25, 0.3) is 0 Å². The predicted molar refractivity (Wildman–Crippen MR) is 98.9 cm³/mol. The van der Waals surface area contributed by atoms with Gasteiger partial charge in [0.15, 0.2) is 0 Å². The van der Waals surface area contributed by atoms with E-state index in [-0.39, 0.29) is 12.5 Å². The molecular weight excluding hydrogens is 322 g/mol. The highest BCUT2D eigenvalue weighted by molar-refractivity contribution is 7.99. The molecular formula is C19H23NO3S. The van der Waals surface area contributed by atoms with E-state index in [9.17, 15) is 9.90 Å². The lowest BCUT2D eigenvalue weighted by atomic mass is 10.1. The predicted octanol–water partition coefficient (Wildman–Crippen LogP) is 3.79. The van der Waals surface area contributed by atoms with Crippen LogP contribution in [0, 0.1) is 13.8 Å². The first-order chi connectivity index (χ1) is 11.4. The SMILES string of the molecule is CC(=O)Nc1ccc(SC[C@H](O)COc2cc(C)cc(C)c2)cc1. The minimum absolute atomic E-state index is 0.0886. The van der Waals surface area contributed by atoms with E-state index in [0.717, 1.165) is 27.5 Å². The van der Waals surface area contributed by atoms with Gasteiger partial charge in [0.05, 0.1) is 6.10 Å². The van der Waals surface area contributed by atoms with E-state index in [0.29, 0.717) is 5.75 Å². The van der Waals surface area contributed by atoms with Gasteiger partial charge in [-0.25, -0.2) is 0 Å². The molecule has 0 aliphatic carbocycles. The second-order valence-electron chi connectivity index (χ2n) is 5.80. The number of anilines is 1. The van der Waals surface area contributed by atoms with Gasteiger partial charge in [0.25, 0.3) is 0 Å². The van der Waals surface area contributed by atoms with E-state index < -0.39 is 6.10 Å². The Labute approximate surface area is 147 Å². The summed E-state index contributed by atoms with van der Waals surface area (Å²) in [4.78, 5) is 12.0. The van der Waals surface area contributed by atoms with Crippen LogP contribution in [0.4, 0.5) is 5.69 Å². The number of ether oxygens (including phenoxy) is 1. The van der Waals surface area contributed by atoms with Crippen LogP contribution in [0.3, 0.4) is 0 Å². The Morgan fingerprint density at radius 3 is 2.38 bits per heavy atom. The third-order valence-electron chi connectivity index (χ3n) is 3.25. The number of nitrogens with one attached hydrogen (secondary N) is 1. The highest BCUT2D eigenvalue weighted by Crippen LogP contribution is 2.22. The fourth-order valence-corrected chi connectivity index (χ4v) is 3.10. The number of hydrogen-bond donors (Lipinski definition) is 2. The van der Waals surface area contributed by atoms with E-state index in [1.165, 1.54) is 6.92 Å². The molecule has 0 aromatic heterocycles. The van der Waals surface area contributed by atoms with Gasteiger partial charge in [-0.05, 0) is 61.4 Å². The molecule has 2 rings (SSSR count). The maximum atomic E-state index is 11.0. The smallest absolute Gasteiger partial charge is 0.221 e. The highest BCUT2D eigenvalue weighted by Gasteiger charge is 2.07. The topological polar surface area (TPSA) is 58.6 Å². The zero-order valence-corrected chi connectivity index (χ0v) is 15.0. The minimum atomic E-state index is -0.550. The number of aliphatic hydroxyl groups is 1. The number of rotatable bonds is 7. The first kappa shape index (κ1) is 18.4. The van der Waals surface area contributed by atoms with Crippen molar-refractivity contribution in [2.24, 2.45) is 0 Å². The van der Waals surface area contributed by atoms with Crippen molar-refractivity contribution in [3.8, 4) is 5.75 Å². The molecule has 2 aromatic rings. The number of carbonyl (C=O) groups is 1. The summed E-state index contributed by atoms with van der Waals surface area (Å²) in [6.07, 6.45) is -0.550. The van der Waals surface area contributed by atoms with Gasteiger partial charge in [0.1, 0.15) is 12.4 Å². The molecule has 24 heavy (non-hydrogen) atoms. The normalized spacial score (nSPS) is 11.8. The van der Waals surface area contributed by atoms with Crippen LogP contribution in [-0.4, -0.2) is 29.5 Å². The Morgan fingerprint density at radius 2 is 1.79 bits per heavy atom. The molecule has 0 radical (unpaired) electrons. The third-order valence-corrected chi connectivity index (χ3v) is 4.41. The third kappa shape index (κ3) is 6.26. The number of aliphatic hydroxyl groups excluding tert-OH is 1. The van der Waals surface area contributed by atoms with Gasteiger partial charge in [-0.3, -0.25) is 4.79 Å². The minimum Gasteiger partial charge on any atom is -0.491 e. The van der Waals surface area contributed by atoms with Crippen molar-refractivity contribution in [2.75, 3.05) is 17.7 Å². The molecule has 1 atom stereocenters. The summed E-state index contributed by atoms with van der Waals surface area (Å²) in [6.45, 7) is 5.79. The quantitative estimate of drug-likeness (QED) is 0.750. The summed E-state index contributed by atoms with van der Waals surface area (Å²) in [6, 6.07) is 13.6. The molecule has 0 bridgehead atoms. The molecule has 0 aliphatic heterocycles. The van der Waals surface area contributed by atoms with Gasteiger partial charge >= 0.3 is 0 Å². The van der Waals surface area contributed by atoms with E-state index in [1.54, 1.807) is 11.8 Å². The van der Waals surface area contributed by atoms with Crippen molar-refractivity contribution in [2.45, 2.75) is 31.8 Å². The zero-order chi connectivity index (χ0) is 17.5. The molecule has 0 heterocycles. The number of aryl methyl sites for hydroxylation is 2. The highest BCUT2D eigenvalue weighted by atomic mass is 32.2. The molecule has 0 fully saturated rings. The molecule has 1 amide bonds. The van der Waals surface area contributed by atoms with Crippen LogP contribution in [0.5, 0.6) is 5.75 Å². The van der Waals surface area contributed by atoms with Crippen molar-refractivity contribution >= 4 is 23.4 Å². The van der Waals surface area contributed by atoms with Crippen LogP contribution in [0.2, 0.25) is 0 Å². The maximum Gasteiger partial charge on any atom is 0.221 e. The van der Waals surface area contributed by atoms with Crippen LogP contribution >= 0.6 is 11.8 Å². The van der Waals surface area contributed by atoms with Crippen molar-refractivity contribution in [1.29, 1.82) is 0 Å². The fourth-order valence-electron chi connectivity index (χ4n) is 2.29. The fraction of sp³-hybridized carbons (Fsp3) is 0.316. The van der Waals surface area contributed by atoms with Gasteiger partial charge in [0, 0.05) is 23.3 Å². The van der Waals surface area contributed by atoms with E-state index in [2.05, 4.69) is 11.4 Å². The van der Waals surface area contributed by atoms with Crippen molar-refractivity contribution in [1.82, 2.24) is 0 Å². The summed E-state index contributed by atoms with van der Waals surface area (Å²) in [5.74, 6) is 1.25. The average Bonchev–Trinajstić information content (AvgIpc) is 2.51. The molecule has 0 saturated heterocycles. The molecule has 4 nitrogen and oxygen atoms in total. The monoisotopic (exact) mass is 345 g/mol. The van der Waals surface area contributed by atoms with Gasteiger partial charge in [0.2, 0.25) is 5.91 Å². The van der Waals surface area contributed by atoms with Gasteiger partial charge in [-0.1, -0.05) is 6.07 Å². The van der Waals surface area contributed by atoms with E-state index in [4.69, 9.17) is 4.74 Å². The molecule has 2 N–H and O–H groups in total. The van der Waals surface area contributed by atoms with Crippen LogP contribution in [0.1, 0.15) is 18.1 Å². The van der Waals surface area contributed by atoms with Crippen molar-refractivity contribution in [3.05, 3.63) is 53.6 Å². The molecule has 0 saturated carbocycles. The van der Waals surface area contributed by atoms with Crippen molar-refractivity contribution < 1.29 is 14.6 Å². The number of carbonyl (C=O) groups excluding carboxylic acids is 1. The first-order valence-corrected chi connectivity index (χ1v) is 8.80. The molecule has 0 unspecified atom stereocenters. The average molecular weight is 345 g/mol. The lowest BCUT2D eigenvalue weighted by Gasteiger charge is -2.13. The Morgan fingerprint density at radius 1 is 1.17 bits per heavy atom. The summed E-state index contributed by atoms with van der Waals surface area (Å²) in [5, 5.41) is 12.8. The lowest BCUT2D eigenvalue weighted by molar-refractivity contribution is -0.114. The molecule has 0 aliphatic rings. The number of benzene rings is 2. The van der Waals surface area contributed by atoms with Crippen LogP contribution in [-0.2, 0) is 4.79 Å². The summed E-state index contributed by atoms with van der Waals surface area (Å²) < 4.78 is 5.67. The van der Waals surface area contributed by atoms with Crippen LogP contribution < -0.4 is 10.1 Å². The van der Waals surface area contributed by atoms with Crippen LogP contribution in [0.15, 0.2) is 47.4 Å². The summed E-state index contributed by atoms with van der Waals surface area (Å²) >= 11 is 1.55. The number of thioether (sulfide) groups is 1. The zero-order valence-electron chi connectivity index (χ0n) is 14.2. The van der Waals surface area contributed by atoms with Gasteiger partial charge in [-0.15, -0.1) is 11.8 Å². The second kappa shape index (κ2) is 8.76. The Hall–Kier alpha value is -1.98. The summed E-state index contributed by atoms with van der Waals surface area (Å²) in [5.41, 5.74) is 3.06. The Balaban J connectivity index is 1.78. The molecule has 0 spiro atoms. The van der Waals surface area contributed by atoms with Crippen molar-refractivity contribution in [3.63, 3.8) is 0 Å². The molecule has 128 valence electrons. The molecule has 2 aromatic carbocycles. The van der Waals surface area contributed by atoms with Gasteiger partial charge in [-0.2, -0.15) is 0 Å². The van der Waals surface area contributed by atoms with Gasteiger partial charge < -0.3 is 15.2 Å². The molecule has 5 heteroatoms. The number of amides is 1. The first-order valence-electron chi connectivity index (χ1n) is 7.82. The maximum absolute atomic E-state index is 11.0. The standard InChI is InChI=1S/C19H23NO3S/c1-13-8-14(2)10-18(9-13)23-11-17(22)12-24-19-6-4-16(5-7-19)20-15(3)21/h4-10,17,22H,11-12H2,1-3H3,(H,20,21)/t17-/m1/s1.